The number of benzene rings is 1. The maximum Gasteiger partial charge on any atom is 0.153 e. The summed E-state index contributed by atoms with van der Waals surface area (Å²) in [6.07, 6.45) is 2.40. The molecule has 0 fully saturated rings. The second-order valence-electron chi connectivity index (χ2n) is 2.38. The number of halogens is 1. The monoisotopic (exact) mass is 240 g/mol. The van der Waals surface area contributed by atoms with E-state index in [1.807, 2.05) is 6.07 Å². The zero-order valence-corrected chi connectivity index (χ0v) is 8.58. The van der Waals surface area contributed by atoms with E-state index >= 15 is 0 Å². The SMILES string of the molecule is C=CCOc1c(Br)cccc1C=O. The van der Waals surface area contributed by atoms with Gasteiger partial charge in [-0.05, 0) is 28.1 Å². The zero-order chi connectivity index (χ0) is 9.68. The molecule has 0 aliphatic rings. The molecule has 0 saturated heterocycles. The lowest BCUT2D eigenvalue weighted by atomic mass is 10.2. The topological polar surface area (TPSA) is 26.3 Å². The molecule has 1 aromatic rings. The largest absolute Gasteiger partial charge is 0.488 e. The van der Waals surface area contributed by atoms with Gasteiger partial charge < -0.3 is 4.74 Å². The van der Waals surface area contributed by atoms with Crippen molar-refractivity contribution in [2.75, 3.05) is 6.61 Å². The third kappa shape index (κ3) is 2.42. The molecule has 1 aromatic carbocycles. The van der Waals surface area contributed by atoms with Crippen LogP contribution in [0.25, 0.3) is 0 Å². The summed E-state index contributed by atoms with van der Waals surface area (Å²) >= 11 is 3.30. The second-order valence-corrected chi connectivity index (χ2v) is 3.23. The van der Waals surface area contributed by atoms with E-state index in [4.69, 9.17) is 4.74 Å². The molecule has 0 bridgehead atoms. The Morgan fingerprint density at radius 3 is 2.92 bits per heavy atom. The van der Waals surface area contributed by atoms with Gasteiger partial charge >= 0.3 is 0 Å². The maximum atomic E-state index is 10.6. The number of carbonyl (C=O) groups excluding carboxylic acids is 1. The number of rotatable bonds is 4. The van der Waals surface area contributed by atoms with Crippen LogP contribution in [0.2, 0.25) is 0 Å². The number of hydrogen-bond donors (Lipinski definition) is 0. The van der Waals surface area contributed by atoms with E-state index in [2.05, 4.69) is 22.5 Å². The standard InChI is InChI=1S/C10H9BrO2/c1-2-6-13-10-8(7-12)4-3-5-9(10)11/h2-5,7H,1,6H2. The smallest absolute Gasteiger partial charge is 0.153 e. The van der Waals surface area contributed by atoms with E-state index in [9.17, 15) is 4.79 Å². The highest BCUT2D eigenvalue weighted by Crippen LogP contribution is 2.27. The summed E-state index contributed by atoms with van der Waals surface area (Å²) in [5.74, 6) is 0.567. The molecular weight excluding hydrogens is 232 g/mol. The number of ether oxygens (including phenoxy) is 1. The van der Waals surface area contributed by atoms with Crippen LogP contribution in [0, 0.1) is 0 Å². The van der Waals surface area contributed by atoms with Crippen molar-refractivity contribution in [3.8, 4) is 5.75 Å². The molecule has 0 aliphatic carbocycles. The molecule has 2 nitrogen and oxygen atoms in total. The Morgan fingerprint density at radius 1 is 1.54 bits per heavy atom. The van der Waals surface area contributed by atoms with Gasteiger partial charge in [0.25, 0.3) is 0 Å². The van der Waals surface area contributed by atoms with Crippen molar-refractivity contribution in [3.63, 3.8) is 0 Å². The van der Waals surface area contributed by atoms with E-state index in [1.165, 1.54) is 0 Å². The summed E-state index contributed by atoms with van der Waals surface area (Å²) in [6, 6.07) is 5.32. The van der Waals surface area contributed by atoms with Crippen LogP contribution in [-0.2, 0) is 0 Å². The van der Waals surface area contributed by atoms with Gasteiger partial charge in [0.15, 0.2) is 6.29 Å². The quantitative estimate of drug-likeness (QED) is 0.598. The Hall–Kier alpha value is -1.09. The molecule has 0 radical (unpaired) electrons. The molecule has 1 rings (SSSR count). The summed E-state index contributed by atoms with van der Waals surface area (Å²) in [4.78, 5) is 10.6. The van der Waals surface area contributed by atoms with Crippen molar-refractivity contribution in [2.45, 2.75) is 0 Å². The van der Waals surface area contributed by atoms with E-state index in [0.29, 0.717) is 17.9 Å². The predicted molar refractivity (Wildman–Crippen MR) is 55.2 cm³/mol. The summed E-state index contributed by atoms with van der Waals surface area (Å²) < 4.78 is 6.09. The van der Waals surface area contributed by atoms with Gasteiger partial charge in [0.1, 0.15) is 12.4 Å². The summed E-state index contributed by atoms with van der Waals surface area (Å²) in [7, 11) is 0. The van der Waals surface area contributed by atoms with E-state index < -0.39 is 0 Å². The third-order valence-corrected chi connectivity index (χ3v) is 2.09. The second kappa shape index (κ2) is 4.82. The lowest BCUT2D eigenvalue weighted by Crippen LogP contribution is -1.97. The van der Waals surface area contributed by atoms with Gasteiger partial charge in [-0.15, -0.1) is 0 Å². The number of aldehydes is 1. The Kier molecular flexibility index (Phi) is 3.71. The number of carbonyl (C=O) groups is 1. The minimum Gasteiger partial charge on any atom is -0.488 e. The van der Waals surface area contributed by atoms with Gasteiger partial charge in [-0.2, -0.15) is 0 Å². The van der Waals surface area contributed by atoms with E-state index in [0.717, 1.165) is 10.8 Å². The molecule has 0 atom stereocenters. The fraction of sp³-hybridized carbons (Fsp3) is 0.100. The summed E-state index contributed by atoms with van der Waals surface area (Å²) in [5, 5.41) is 0. The van der Waals surface area contributed by atoms with E-state index in [1.54, 1.807) is 18.2 Å². The highest BCUT2D eigenvalue weighted by molar-refractivity contribution is 9.10. The zero-order valence-electron chi connectivity index (χ0n) is 7.00. The molecule has 0 N–H and O–H groups in total. The van der Waals surface area contributed by atoms with Crippen molar-refractivity contribution in [3.05, 3.63) is 40.9 Å². The molecule has 0 unspecified atom stereocenters. The maximum absolute atomic E-state index is 10.6. The summed E-state index contributed by atoms with van der Waals surface area (Å²) in [5.41, 5.74) is 0.538. The molecule has 0 spiro atoms. The normalized spacial score (nSPS) is 9.31. The van der Waals surface area contributed by atoms with E-state index in [-0.39, 0.29) is 0 Å². The van der Waals surface area contributed by atoms with Crippen LogP contribution in [0.15, 0.2) is 35.3 Å². The summed E-state index contributed by atoms with van der Waals surface area (Å²) in [6.45, 7) is 3.92. The van der Waals surface area contributed by atoms with Gasteiger partial charge in [-0.1, -0.05) is 18.7 Å². The average molecular weight is 241 g/mol. The fourth-order valence-electron chi connectivity index (χ4n) is 0.913. The van der Waals surface area contributed by atoms with Crippen LogP contribution < -0.4 is 4.74 Å². The lowest BCUT2D eigenvalue weighted by molar-refractivity contribution is 0.112. The van der Waals surface area contributed by atoms with Crippen LogP contribution >= 0.6 is 15.9 Å². The lowest BCUT2D eigenvalue weighted by Gasteiger charge is -2.07. The first-order valence-corrected chi connectivity index (χ1v) is 4.56. The van der Waals surface area contributed by atoms with Crippen LogP contribution in [0.3, 0.4) is 0 Å². The van der Waals surface area contributed by atoms with Gasteiger partial charge in [-0.25, -0.2) is 0 Å². The van der Waals surface area contributed by atoms with Crippen LogP contribution in [0.4, 0.5) is 0 Å². The Bertz CT molecular complexity index is 321. The third-order valence-electron chi connectivity index (χ3n) is 1.47. The Morgan fingerprint density at radius 2 is 2.31 bits per heavy atom. The van der Waals surface area contributed by atoms with Crippen LogP contribution in [-0.4, -0.2) is 12.9 Å². The van der Waals surface area contributed by atoms with Gasteiger partial charge in [0.2, 0.25) is 0 Å². The highest BCUT2D eigenvalue weighted by atomic mass is 79.9. The molecule has 3 heteroatoms. The Labute approximate surface area is 85.3 Å². The van der Waals surface area contributed by atoms with Crippen LogP contribution in [0.1, 0.15) is 10.4 Å². The minimum absolute atomic E-state index is 0.392. The molecule has 0 heterocycles. The molecule has 0 aliphatic heterocycles. The van der Waals surface area contributed by atoms with Crippen molar-refractivity contribution < 1.29 is 9.53 Å². The van der Waals surface area contributed by atoms with Crippen molar-refractivity contribution >= 4 is 22.2 Å². The fourth-order valence-corrected chi connectivity index (χ4v) is 1.41. The van der Waals surface area contributed by atoms with Gasteiger partial charge in [0.05, 0.1) is 10.0 Å². The minimum atomic E-state index is 0.392. The van der Waals surface area contributed by atoms with Crippen molar-refractivity contribution in [1.29, 1.82) is 0 Å². The van der Waals surface area contributed by atoms with Crippen molar-refractivity contribution in [2.24, 2.45) is 0 Å². The first-order valence-electron chi connectivity index (χ1n) is 3.77. The van der Waals surface area contributed by atoms with Crippen molar-refractivity contribution in [1.82, 2.24) is 0 Å². The molecular formula is C10H9BrO2. The first kappa shape index (κ1) is 9.99. The highest BCUT2D eigenvalue weighted by Gasteiger charge is 2.05. The average Bonchev–Trinajstić information content (AvgIpc) is 2.15. The number of para-hydroxylation sites is 1. The predicted octanol–water partition coefficient (Wildman–Crippen LogP) is 2.83. The van der Waals surface area contributed by atoms with Gasteiger partial charge in [0, 0.05) is 0 Å². The molecule has 0 amide bonds. The molecule has 0 aromatic heterocycles. The van der Waals surface area contributed by atoms with Crippen LogP contribution in [0.5, 0.6) is 5.75 Å². The first-order chi connectivity index (χ1) is 6.29. The Balaban J connectivity index is 2.99. The molecule has 13 heavy (non-hydrogen) atoms. The van der Waals surface area contributed by atoms with Gasteiger partial charge in [-0.3, -0.25) is 4.79 Å². The molecule has 0 saturated carbocycles. The molecule has 68 valence electrons. The number of hydrogen-bond acceptors (Lipinski definition) is 2.